The third kappa shape index (κ3) is 6.35. The molecule has 0 saturated heterocycles. The van der Waals surface area contributed by atoms with Crippen molar-refractivity contribution in [3.05, 3.63) is 53.1 Å². The first-order chi connectivity index (χ1) is 12.3. The van der Waals surface area contributed by atoms with Crippen LogP contribution in [-0.2, 0) is 16.1 Å². The lowest BCUT2D eigenvalue weighted by atomic mass is 10.1. The van der Waals surface area contributed by atoms with Crippen molar-refractivity contribution in [2.45, 2.75) is 20.4 Å². The van der Waals surface area contributed by atoms with E-state index in [-0.39, 0.29) is 0 Å². The number of methoxy groups -OCH3 is 2. The van der Waals surface area contributed by atoms with Gasteiger partial charge in [0.05, 0.1) is 14.2 Å². The van der Waals surface area contributed by atoms with E-state index in [9.17, 15) is 0 Å². The number of rotatable bonds is 5. The van der Waals surface area contributed by atoms with Crippen molar-refractivity contribution in [2.24, 2.45) is 0 Å². The highest BCUT2D eigenvalue weighted by molar-refractivity contribution is 6.27. The molecule has 0 spiro atoms. The Morgan fingerprint density at radius 2 is 1.54 bits per heavy atom. The molecular formula is C19H23NO6. The highest BCUT2D eigenvalue weighted by Crippen LogP contribution is 2.28. The lowest BCUT2D eigenvalue weighted by molar-refractivity contribution is -0.159. The minimum Gasteiger partial charge on any atom is -0.493 e. The normalized spacial score (nSPS) is 9.54. The van der Waals surface area contributed by atoms with Crippen molar-refractivity contribution in [3.8, 4) is 11.5 Å². The molecule has 0 aliphatic rings. The summed E-state index contributed by atoms with van der Waals surface area (Å²) in [7, 11) is 3.30. The summed E-state index contributed by atoms with van der Waals surface area (Å²) < 4.78 is 10.6. The van der Waals surface area contributed by atoms with Crippen LogP contribution in [0.15, 0.2) is 36.4 Å². The van der Waals surface area contributed by atoms with Crippen LogP contribution in [0.3, 0.4) is 0 Å². The van der Waals surface area contributed by atoms with Crippen LogP contribution in [0.5, 0.6) is 11.5 Å². The summed E-state index contributed by atoms with van der Waals surface area (Å²) in [6.07, 6.45) is 0. The van der Waals surface area contributed by atoms with Crippen molar-refractivity contribution in [3.63, 3.8) is 0 Å². The van der Waals surface area contributed by atoms with Gasteiger partial charge < -0.3 is 25.0 Å². The molecule has 0 bridgehead atoms. The zero-order valence-electron chi connectivity index (χ0n) is 15.2. The molecule has 26 heavy (non-hydrogen) atoms. The Balaban J connectivity index is 0.000000487. The van der Waals surface area contributed by atoms with Gasteiger partial charge in [-0.15, -0.1) is 0 Å². The van der Waals surface area contributed by atoms with Crippen molar-refractivity contribution >= 4 is 17.6 Å². The van der Waals surface area contributed by atoms with Crippen molar-refractivity contribution in [1.82, 2.24) is 0 Å². The number of carbonyl (C=O) groups is 2. The lowest BCUT2D eigenvalue weighted by Crippen LogP contribution is -2.09. The second-order valence-electron chi connectivity index (χ2n) is 5.47. The number of ether oxygens (including phenoxy) is 2. The monoisotopic (exact) mass is 361 g/mol. The van der Waals surface area contributed by atoms with Crippen LogP contribution in [0, 0.1) is 13.8 Å². The van der Waals surface area contributed by atoms with E-state index in [0.717, 1.165) is 23.6 Å². The third-order valence-corrected chi connectivity index (χ3v) is 3.51. The van der Waals surface area contributed by atoms with Crippen molar-refractivity contribution in [1.29, 1.82) is 0 Å². The van der Waals surface area contributed by atoms with E-state index in [1.54, 1.807) is 14.2 Å². The third-order valence-electron chi connectivity index (χ3n) is 3.51. The molecule has 7 nitrogen and oxygen atoms in total. The average Bonchev–Trinajstić information content (AvgIpc) is 2.62. The first-order valence-corrected chi connectivity index (χ1v) is 7.76. The molecule has 0 radical (unpaired) electrons. The molecule has 0 fully saturated rings. The summed E-state index contributed by atoms with van der Waals surface area (Å²) in [5.74, 6) is -2.14. The molecular weight excluding hydrogens is 338 g/mol. The Bertz CT molecular complexity index is 761. The largest absolute Gasteiger partial charge is 0.493 e. The Kier molecular flexibility index (Phi) is 7.95. The molecule has 0 aliphatic carbocycles. The number of hydrogen-bond donors (Lipinski definition) is 3. The smallest absolute Gasteiger partial charge is 0.414 e. The van der Waals surface area contributed by atoms with Crippen molar-refractivity contribution in [2.75, 3.05) is 19.5 Å². The predicted molar refractivity (Wildman–Crippen MR) is 98.1 cm³/mol. The number of aliphatic carboxylic acids is 2. The number of aryl methyl sites for hydroxylation is 2. The Morgan fingerprint density at radius 3 is 2.08 bits per heavy atom. The first kappa shape index (κ1) is 20.8. The average molecular weight is 361 g/mol. The second kappa shape index (κ2) is 9.93. The van der Waals surface area contributed by atoms with E-state index in [2.05, 4.69) is 37.4 Å². The molecule has 0 heterocycles. The van der Waals surface area contributed by atoms with Crippen LogP contribution in [-0.4, -0.2) is 36.4 Å². The Morgan fingerprint density at radius 1 is 0.923 bits per heavy atom. The second-order valence-corrected chi connectivity index (χ2v) is 5.47. The fourth-order valence-electron chi connectivity index (χ4n) is 2.11. The number of carboxylic acid groups (broad SMARTS) is 2. The minimum absolute atomic E-state index is 0.753. The molecule has 140 valence electrons. The molecule has 0 saturated carbocycles. The highest BCUT2D eigenvalue weighted by Gasteiger charge is 2.05. The Labute approximate surface area is 152 Å². The number of benzene rings is 2. The van der Waals surface area contributed by atoms with Crippen LogP contribution >= 0.6 is 0 Å². The van der Waals surface area contributed by atoms with Gasteiger partial charge in [0, 0.05) is 12.2 Å². The summed E-state index contributed by atoms with van der Waals surface area (Å²) in [4.78, 5) is 18.2. The van der Waals surface area contributed by atoms with E-state index >= 15 is 0 Å². The summed E-state index contributed by atoms with van der Waals surface area (Å²) in [5.41, 5.74) is 4.82. The van der Waals surface area contributed by atoms with Gasteiger partial charge in [-0.2, -0.15) is 0 Å². The van der Waals surface area contributed by atoms with E-state index in [1.165, 1.54) is 16.8 Å². The maximum absolute atomic E-state index is 9.10. The molecule has 0 amide bonds. The summed E-state index contributed by atoms with van der Waals surface area (Å²) in [5, 5.41) is 18.2. The van der Waals surface area contributed by atoms with E-state index in [4.69, 9.17) is 29.3 Å². The minimum atomic E-state index is -1.82. The molecule has 0 atom stereocenters. The summed E-state index contributed by atoms with van der Waals surface area (Å²) >= 11 is 0. The van der Waals surface area contributed by atoms with Crippen LogP contribution < -0.4 is 14.8 Å². The molecule has 2 aromatic carbocycles. The predicted octanol–water partition coefficient (Wildman–Crippen LogP) is 3.09. The van der Waals surface area contributed by atoms with Gasteiger partial charge in [-0.1, -0.05) is 18.2 Å². The maximum Gasteiger partial charge on any atom is 0.414 e. The first-order valence-electron chi connectivity index (χ1n) is 7.76. The van der Waals surface area contributed by atoms with E-state index in [1.807, 2.05) is 18.2 Å². The SMILES string of the molecule is COc1ccc(CNc2cc(C)ccc2C)cc1OC.O=C(O)C(=O)O. The van der Waals surface area contributed by atoms with Gasteiger partial charge in [0.25, 0.3) is 0 Å². The van der Waals surface area contributed by atoms with Gasteiger partial charge in [0.2, 0.25) is 0 Å². The number of carboxylic acids is 2. The zero-order valence-corrected chi connectivity index (χ0v) is 15.2. The zero-order chi connectivity index (χ0) is 19.7. The van der Waals surface area contributed by atoms with Gasteiger partial charge in [0.1, 0.15) is 0 Å². The van der Waals surface area contributed by atoms with Crippen LogP contribution in [0.2, 0.25) is 0 Å². The van der Waals surface area contributed by atoms with Crippen LogP contribution in [0.4, 0.5) is 5.69 Å². The van der Waals surface area contributed by atoms with Crippen LogP contribution in [0.1, 0.15) is 16.7 Å². The summed E-state index contributed by atoms with van der Waals surface area (Å²) in [6.45, 7) is 4.96. The lowest BCUT2D eigenvalue weighted by Gasteiger charge is -2.13. The van der Waals surface area contributed by atoms with Gasteiger partial charge >= 0.3 is 11.9 Å². The van der Waals surface area contributed by atoms with Gasteiger partial charge in [-0.3, -0.25) is 0 Å². The van der Waals surface area contributed by atoms with Crippen molar-refractivity contribution < 1.29 is 29.3 Å². The van der Waals surface area contributed by atoms with Crippen LogP contribution in [0.25, 0.3) is 0 Å². The Hall–Kier alpha value is -3.22. The van der Waals surface area contributed by atoms with Gasteiger partial charge in [0.15, 0.2) is 11.5 Å². The molecule has 3 N–H and O–H groups in total. The highest BCUT2D eigenvalue weighted by atomic mass is 16.5. The molecule has 0 aromatic heterocycles. The molecule has 2 aromatic rings. The topological polar surface area (TPSA) is 105 Å². The van der Waals surface area contributed by atoms with E-state index < -0.39 is 11.9 Å². The molecule has 0 aliphatic heterocycles. The number of anilines is 1. The molecule has 7 heteroatoms. The summed E-state index contributed by atoms with van der Waals surface area (Å²) in [6, 6.07) is 12.4. The number of nitrogens with one attached hydrogen (secondary N) is 1. The van der Waals surface area contributed by atoms with Gasteiger partial charge in [-0.05, 0) is 48.7 Å². The maximum atomic E-state index is 9.10. The standard InChI is InChI=1S/C17H21NO2.C2H2O4/c1-12-5-6-13(2)15(9-12)18-11-14-7-8-16(19-3)17(10-14)20-4;3-1(4)2(5)6/h5-10,18H,11H2,1-4H3;(H,3,4)(H,5,6). The quantitative estimate of drug-likeness (QED) is 0.703. The molecule has 0 unspecified atom stereocenters. The van der Waals surface area contributed by atoms with E-state index in [0.29, 0.717) is 0 Å². The number of hydrogen-bond acceptors (Lipinski definition) is 5. The fraction of sp³-hybridized carbons (Fsp3) is 0.263. The fourth-order valence-corrected chi connectivity index (χ4v) is 2.11. The van der Waals surface area contributed by atoms with Gasteiger partial charge in [-0.25, -0.2) is 9.59 Å². The molecule has 2 rings (SSSR count).